The zero-order chi connectivity index (χ0) is 14.0. The first-order chi connectivity index (χ1) is 9.06. The van der Waals surface area contributed by atoms with Gasteiger partial charge < -0.3 is 4.74 Å². The highest BCUT2D eigenvalue weighted by Gasteiger charge is 2.34. The molecule has 5 nitrogen and oxygen atoms in total. The van der Waals surface area contributed by atoms with E-state index in [1.165, 1.54) is 13.2 Å². The van der Waals surface area contributed by atoms with Gasteiger partial charge in [-0.3, -0.25) is 14.5 Å². The molecule has 2 rings (SSSR count). The molecule has 0 aromatic heterocycles. The first kappa shape index (κ1) is 13.0. The quantitative estimate of drug-likeness (QED) is 0.467. The highest BCUT2D eigenvalue weighted by Crippen LogP contribution is 2.22. The number of methoxy groups -OCH3 is 1. The Kier molecular flexibility index (Phi) is 3.46. The maximum Gasteiger partial charge on any atom is 0.333 e. The van der Waals surface area contributed by atoms with Gasteiger partial charge in [0, 0.05) is 12.1 Å². The third-order valence-electron chi connectivity index (χ3n) is 2.97. The number of hydrogen-bond acceptors (Lipinski definition) is 4. The largest absolute Gasteiger partial charge is 0.466 e. The molecule has 0 saturated carbocycles. The molecule has 0 unspecified atom stereocenters. The van der Waals surface area contributed by atoms with Crippen LogP contribution in [0.25, 0.3) is 0 Å². The lowest BCUT2D eigenvalue weighted by molar-refractivity contribution is -0.136. The molecule has 0 saturated heterocycles. The number of ether oxygens (including phenoxy) is 1. The molecular formula is C14H13NO4. The van der Waals surface area contributed by atoms with Crippen molar-refractivity contribution >= 4 is 17.8 Å². The maximum atomic E-state index is 12.0. The average molecular weight is 259 g/mol. The Morgan fingerprint density at radius 1 is 1.21 bits per heavy atom. The van der Waals surface area contributed by atoms with E-state index in [-0.39, 0.29) is 18.4 Å². The topological polar surface area (TPSA) is 63.7 Å². The number of hydrogen-bond donors (Lipinski definition) is 0. The Morgan fingerprint density at radius 3 is 2.21 bits per heavy atom. The van der Waals surface area contributed by atoms with Crippen molar-refractivity contribution in [2.75, 3.05) is 13.7 Å². The van der Waals surface area contributed by atoms with E-state index in [4.69, 9.17) is 0 Å². The van der Waals surface area contributed by atoms with E-state index in [2.05, 4.69) is 4.74 Å². The maximum absolute atomic E-state index is 12.0. The van der Waals surface area contributed by atoms with Crippen LogP contribution in [0.5, 0.6) is 0 Å². The molecule has 1 aliphatic rings. The summed E-state index contributed by atoms with van der Waals surface area (Å²) >= 11 is 0. The second-order valence-electron chi connectivity index (χ2n) is 4.15. The van der Waals surface area contributed by atoms with E-state index in [0.717, 1.165) is 4.90 Å². The van der Waals surface area contributed by atoms with E-state index < -0.39 is 5.97 Å². The van der Waals surface area contributed by atoms with E-state index in [1.54, 1.807) is 31.2 Å². The van der Waals surface area contributed by atoms with Crippen LogP contribution in [0.2, 0.25) is 0 Å². The summed E-state index contributed by atoms with van der Waals surface area (Å²) < 4.78 is 4.55. The predicted octanol–water partition coefficient (Wildman–Crippen LogP) is 1.40. The van der Waals surface area contributed by atoms with Gasteiger partial charge in [0.05, 0.1) is 18.2 Å². The third-order valence-corrected chi connectivity index (χ3v) is 2.97. The first-order valence-electron chi connectivity index (χ1n) is 5.76. The van der Waals surface area contributed by atoms with Crippen molar-refractivity contribution in [2.24, 2.45) is 0 Å². The van der Waals surface area contributed by atoms with Crippen molar-refractivity contribution in [2.45, 2.75) is 6.92 Å². The Labute approximate surface area is 110 Å². The van der Waals surface area contributed by atoms with Crippen LogP contribution in [0.1, 0.15) is 27.6 Å². The number of esters is 1. The molecule has 0 spiro atoms. The SMILES string of the molecule is COC(=O)C(C)=CCN1C(=O)c2ccccc2C1=O. The fourth-order valence-corrected chi connectivity index (χ4v) is 1.88. The van der Waals surface area contributed by atoms with Gasteiger partial charge in [0.25, 0.3) is 11.8 Å². The average Bonchev–Trinajstić information content (AvgIpc) is 2.68. The van der Waals surface area contributed by atoms with Gasteiger partial charge in [-0.1, -0.05) is 18.2 Å². The van der Waals surface area contributed by atoms with Crippen LogP contribution in [0.4, 0.5) is 0 Å². The summed E-state index contributed by atoms with van der Waals surface area (Å²) in [5.74, 6) is -1.15. The van der Waals surface area contributed by atoms with Crippen molar-refractivity contribution < 1.29 is 19.1 Å². The summed E-state index contributed by atoms with van der Waals surface area (Å²) in [6.07, 6.45) is 1.51. The van der Waals surface area contributed by atoms with Gasteiger partial charge in [0.15, 0.2) is 0 Å². The molecule has 0 N–H and O–H groups in total. The molecule has 0 radical (unpaired) electrons. The molecule has 0 fully saturated rings. The molecule has 1 aromatic rings. The fraction of sp³-hybridized carbons (Fsp3) is 0.214. The van der Waals surface area contributed by atoms with Crippen LogP contribution in [0.15, 0.2) is 35.9 Å². The minimum Gasteiger partial charge on any atom is -0.466 e. The minimum atomic E-state index is -0.475. The van der Waals surface area contributed by atoms with Crippen LogP contribution in [-0.4, -0.2) is 36.3 Å². The first-order valence-corrected chi connectivity index (χ1v) is 5.76. The highest BCUT2D eigenvalue weighted by atomic mass is 16.5. The monoisotopic (exact) mass is 259 g/mol. The van der Waals surface area contributed by atoms with Crippen molar-refractivity contribution in [1.29, 1.82) is 0 Å². The van der Waals surface area contributed by atoms with Gasteiger partial charge in [-0.2, -0.15) is 0 Å². The summed E-state index contributed by atoms with van der Waals surface area (Å²) in [6.45, 7) is 1.64. The summed E-state index contributed by atoms with van der Waals surface area (Å²) in [7, 11) is 1.28. The number of benzene rings is 1. The second-order valence-corrected chi connectivity index (χ2v) is 4.15. The van der Waals surface area contributed by atoms with E-state index in [0.29, 0.717) is 16.7 Å². The zero-order valence-electron chi connectivity index (χ0n) is 10.7. The number of carbonyl (C=O) groups excluding carboxylic acids is 3. The van der Waals surface area contributed by atoms with Crippen molar-refractivity contribution in [3.05, 3.63) is 47.0 Å². The van der Waals surface area contributed by atoms with Crippen LogP contribution < -0.4 is 0 Å². The third kappa shape index (κ3) is 2.27. The molecule has 1 aromatic carbocycles. The van der Waals surface area contributed by atoms with Crippen molar-refractivity contribution in [3.8, 4) is 0 Å². The molecule has 0 aliphatic carbocycles. The number of carbonyl (C=O) groups is 3. The molecule has 5 heteroatoms. The smallest absolute Gasteiger partial charge is 0.333 e. The normalized spacial score (nSPS) is 14.6. The molecular weight excluding hydrogens is 246 g/mol. The van der Waals surface area contributed by atoms with Gasteiger partial charge in [-0.05, 0) is 19.1 Å². The van der Waals surface area contributed by atoms with Crippen LogP contribution in [-0.2, 0) is 9.53 Å². The summed E-state index contributed by atoms with van der Waals surface area (Å²) in [5.41, 5.74) is 1.16. The number of fused-ring (bicyclic) bond motifs is 1. The second kappa shape index (κ2) is 5.06. The standard InChI is InChI=1S/C14H13NO4/c1-9(14(18)19-2)7-8-15-12(16)10-5-3-4-6-11(10)13(15)17/h3-7H,8H2,1-2H3. The summed E-state index contributed by atoms with van der Waals surface area (Å²) in [5, 5.41) is 0. The van der Waals surface area contributed by atoms with E-state index in [9.17, 15) is 14.4 Å². The number of amides is 2. The minimum absolute atomic E-state index is 0.0628. The van der Waals surface area contributed by atoms with E-state index >= 15 is 0 Å². The Morgan fingerprint density at radius 2 is 1.74 bits per heavy atom. The Bertz CT molecular complexity index is 554. The lowest BCUT2D eigenvalue weighted by Crippen LogP contribution is -2.30. The molecule has 98 valence electrons. The highest BCUT2D eigenvalue weighted by molar-refractivity contribution is 6.21. The molecule has 19 heavy (non-hydrogen) atoms. The lowest BCUT2D eigenvalue weighted by Gasteiger charge is -2.11. The number of nitrogens with zero attached hydrogens (tertiary/aromatic N) is 1. The van der Waals surface area contributed by atoms with Gasteiger partial charge in [0.2, 0.25) is 0 Å². The van der Waals surface area contributed by atoms with Gasteiger partial charge in [-0.25, -0.2) is 4.79 Å². The molecule has 1 aliphatic heterocycles. The van der Waals surface area contributed by atoms with Gasteiger partial charge >= 0.3 is 5.97 Å². The van der Waals surface area contributed by atoms with Crippen molar-refractivity contribution in [1.82, 2.24) is 4.90 Å². The van der Waals surface area contributed by atoms with E-state index in [1.807, 2.05) is 0 Å². The Hall–Kier alpha value is -2.43. The van der Waals surface area contributed by atoms with Crippen LogP contribution >= 0.6 is 0 Å². The zero-order valence-corrected chi connectivity index (χ0v) is 10.7. The number of rotatable bonds is 3. The summed E-state index contributed by atoms with van der Waals surface area (Å²) in [6, 6.07) is 6.66. The fourth-order valence-electron chi connectivity index (χ4n) is 1.88. The van der Waals surface area contributed by atoms with Crippen LogP contribution in [0, 0.1) is 0 Å². The molecule has 0 atom stereocenters. The predicted molar refractivity (Wildman–Crippen MR) is 67.6 cm³/mol. The Balaban J connectivity index is 2.19. The lowest BCUT2D eigenvalue weighted by atomic mass is 10.1. The molecule has 1 heterocycles. The van der Waals surface area contributed by atoms with Gasteiger partial charge in [-0.15, -0.1) is 0 Å². The number of imide groups is 1. The van der Waals surface area contributed by atoms with Gasteiger partial charge in [0.1, 0.15) is 0 Å². The van der Waals surface area contributed by atoms with Crippen LogP contribution in [0.3, 0.4) is 0 Å². The molecule has 0 bridgehead atoms. The molecule has 2 amide bonds. The summed E-state index contributed by atoms with van der Waals surface area (Å²) in [4.78, 5) is 36.4. The van der Waals surface area contributed by atoms with Crippen molar-refractivity contribution in [3.63, 3.8) is 0 Å².